The van der Waals surface area contributed by atoms with Gasteiger partial charge < -0.3 is 5.73 Å². The Morgan fingerprint density at radius 1 is 0.875 bits per heavy atom. The highest BCUT2D eigenvalue weighted by Crippen LogP contribution is 2.38. The first-order valence-corrected chi connectivity index (χ1v) is 7.36. The van der Waals surface area contributed by atoms with Gasteiger partial charge in [-0.2, -0.15) is 0 Å². The monoisotopic (exact) mass is 222 g/mol. The zero-order valence-electron chi connectivity index (χ0n) is 10.4. The molecule has 0 amide bonds. The van der Waals surface area contributed by atoms with E-state index in [2.05, 4.69) is 4.90 Å². The quantitative estimate of drug-likeness (QED) is 0.738. The summed E-state index contributed by atoms with van der Waals surface area (Å²) in [5, 5.41) is 0. The second-order valence-corrected chi connectivity index (χ2v) is 6.22. The van der Waals surface area contributed by atoms with E-state index in [0.717, 1.165) is 18.0 Å². The molecule has 2 saturated carbocycles. The van der Waals surface area contributed by atoms with E-state index >= 15 is 0 Å². The average molecular weight is 222 g/mol. The van der Waals surface area contributed by atoms with Crippen LogP contribution in [0.25, 0.3) is 0 Å². The van der Waals surface area contributed by atoms with Crippen molar-refractivity contribution in [1.29, 1.82) is 0 Å². The Morgan fingerprint density at radius 2 is 1.69 bits per heavy atom. The average Bonchev–Trinajstić information content (AvgIpc) is 2.75. The maximum Gasteiger partial charge on any atom is 0.0126 e. The molecule has 1 heterocycles. The standard InChI is InChI=1S/C14H26N2/c15-12-7-8-13(10-12)16-9-3-5-11-4-1-2-6-14(11)16/h11-14H,1-10,15H2/t11-,12?,13?,14-/m1/s1. The van der Waals surface area contributed by atoms with Gasteiger partial charge in [-0.05, 0) is 57.4 Å². The molecule has 3 aliphatic rings. The minimum absolute atomic E-state index is 0.494. The van der Waals surface area contributed by atoms with Crippen molar-refractivity contribution in [3.8, 4) is 0 Å². The number of hydrogen-bond acceptors (Lipinski definition) is 2. The van der Waals surface area contributed by atoms with Crippen molar-refractivity contribution in [3.05, 3.63) is 0 Å². The Hall–Kier alpha value is -0.0800. The predicted molar refractivity (Wildman–Crippen MR) is 67.3 cm³/mol. The van der Waals surface area contributed by atoms with Crippen LogP contribution in [0, 0.1) is 5.92 Å². The summed E-state index contributed by atoms with van der Waals surface area (Å²) in [6, 6.07) is 2.26. The zero-order chi connectivity index (χ0) is 11.0. The highest BCUT2D eigenvalue weighted by atomic mass is 15.2. The van der Waals surface area contributed by atoms with Crippen molar-refractivity contribution in [2.24, 2.45) is 11.7 Å². The molecule has 92 valence electrons. The van der Waals surface area contributed by atoms with E-state index < -0.39 is 0 Å². The second-order valence-electron chi connectivity index (χ2n) is 6.22. The zero-order valence-corrected chi connectivity index (χ0v) is 10.4. The van der Waals surface area contributed by atoms with Crippen molar-refractivity contribution in [3.63, 3.8) is 0 Å². The Bertz CT molecular complexity index is 239. The summed E-state index contributed by atoms with van der Waals surface area (Å²) in [6.07, 6.45) is 12.8. The number of piperidine rings is 1. The van der Waals surface area contributed by atoms with Gasteiger partial charge >= 0.3 is 0 Å². The molecule has 0 aromatic rings. The molecule has 3 fully saturated rings. The van der Waals surface area contributed by atoms with Crippen molar-refractivity contribution >= 4 is 0 Å². The van der Waals surface area contributed by atoms with E-state index in [4.69, 9.17) is 5.73 Å². The van der Waals surface area contributed by atoms with Crippen LogP contribution in [0.2, 0.25) is 0 Å². The van der Waals surface area contributed by atoms with E-state index in [9.17, 15) is 0 Å². The third-order valence-corrected chi connectivity index (χ3v) is 5.20. The summed E-state index contributed by atoms with van der Waals surface area (Å²) in [6.45, 7) is 1.36. The van der Waals surface area contributed by atoms with E-state index in [-0.39, 0.29) is 0 Å². The van der Waals surface area contributed by atoms with Gasteiger partial charge in [-0.3, -0.25) is 4.90 Å². The van der Waals surface area contributed by atoms with Crippen molar-refractivity contribution in [2.75, 3.05) is 6.54 Å². The van der Waals surface area contributed by atoms with Gasteiger partial charge in [-0.25, -0.2) is 0 Å². The Balaban J connectivity index is 1.68. The molecule has 0 aromatic heterocycles. The molecule has 3 rings (SSSR count). The number of fused-ring (bicyclic) bond motifs is 1. The van der Waals surface area contributed by atoms with Crippen LogP contribution in [0.5, 0.6) is 0 Å². The molecule has 0 radical (unpaired) electrons. The molecule has 2 N–H and O–H groups in total. The van der Waals surface area contributed by atoms with Gasteiger partial charge in [-0.15, -0.1) is 0 Å². The summed E-state index contributed by atoms with van der Waals surface area (Å²) < 4.78 is 0. The first-order chi connectivity index (χ1) is 7.84. The summed E-state index contributed by atoms with van der Waals surface area (Å²) in [5.41, 5.74) is 6.07. The lowest BCUT2D eigenvalue weighted by atomic mass is 9.77. The summed E-state index contributed by atoms with van der Waals surface area (Å²) >= 11 is 0. The van der Waals surface area contributed by atoms with Gasteiger partial charge in [0, 0.05) is 18.1 Å². The molecule has 2 unspecified atom stereocenters. The third-order valence-electron chi connectivity index (χ3n) is 5.20. The van der Waals surface area contributed by atoms with Gasteiger partial charge in [0.2, 0.25) is 0 Å². The molecular weight excluding hydrogens is 196 g/mol. The number of rotatable bonds is 1. The topological polar surface area (TPSA) is 29.3 Å². The Labute approximate surface area is 99.6 Å². The predicted octanol–water partition coefficient (Wildman–Crippen LogP) is 2.52. The van der Waals surface area contributed by atoms with Gasteiger partial charge in [-0.1, -0.05) is 12.8 Å². The molecule has 2 aliphatic carbocycles. The maximum absolute atomic E-state index is 6.07. The molecule has 0 bridgehead atoms. The van der Waals surface area contributed by atoms with Crippen LogP contribution in [0.3, 0.4) is 0 Å². The van der Waals surface area contributed by atoms with Crippen LogP contribution in [0.15, 0.2) is 0 Å². The summed E-state index contributed by atoms with van der Waals surface area (Å²) in [4.78, 5) is 2.86. The molecule has 0 spiro atoms. The maximum atomic E-state index is 6.07. The van der Waals surface area contributed by atoms with Crippen LogP contribution < -0.4 is 5.73 Å². The molecule has 2 nitrogen and oxygen atoms in total. The number of likely N-dealkylation sites (tertiary alicyclic amines) is 1. The van der Waals surface area contributed by atoms with Gasteiger partial charge in [0.05, 0.1) is 0 Å². The van der Waals surface area contributed by atoms with E-state index in [1.165, 1.54) is 64.3 Å². The van der Waals surface area contributed by atoms with Crippen LogP contribution in [-0.2, 0) is 0 Å². The van der Waals surface area contributed by atoms with Crippen molar-refractivity contribution in [2.45, 2.75) is 75.9 Å². The van der Waals surface area contributed by atoms with Gasteiger partial charge in [0.1, 0.15) is 0 Å². The minimum Gasteiger partial charge on any atom is -0.328 e. The van der Waals surface area contributed by atoms with Crippen LogP contribution in [-0.4, -0.2) is 29.6 Å². The summed E-state index contributed by atoms with van der Waals surface area (Å²) in [5.74, 6) is 1.03. The smallest absolute Gasteiger partial charge is 0.0126 e. The fourth-order valence-electron chi connectivity index (χ4n) is 4.41. The molecule has 0 aromatic carbocycles. The largest absolute Gasteiger partial charge is 0.328 e. The van der Waals surface area contributed by atoms with Crippen molar-refractivity contribution in [1.82, 2.24) is 4.90 Å². The third kappa shape index (κ3) is 2.02. The minimum atomic E-state index is 0.494. The Kier molecular flexibility index (Phi) is 3.21. The highest BCUT2D eigenvalue weighted by molar-refractivity contribution is 4.94. The molecular formula is C14H26N2. The first-order valence-electron chi connectivity index (χ1n) is 7.36. The lowest BCUT2D eigenvalue weighted by molar-refractivity contribution is 0.0274. The number of hydrogen-bond donors (Lipinski definition) is 1. The number of nitrogens with two attached hydrogens (primary N) is 1. The van der Waals surface area contributed by atoms with Gasteiger partial charge in [0.15, 0.2) is 0 Å². The lowest BCUT2D eigenvalue weighted by Crippen LogP contribution is -2.51. The highest BCUT2D eigenvalue weighted by Gasteiger charge is 2.38. The molecule has 1 aliphatic heterocycles. The van der Waals surface area contributed by atoms with E-state index in [0.29, 0.717) is 6.04 Å². The fourth-order valence-corrected chi connectivity index (χ4v) is 4.41. The molecule has 2 heteroatoms. The summed E-state index contributed by atoms with van der Waals surface area (Å²) in [7, 11) is 0. The van der Waals surface area contributed by atoms with Crippen molar-refractivity contribution < 1.29 is 0 Å². The molecule has 1 saturated heterocycles. The normalized spacial score (nSPS) is 45.6. The van der Waals surface area contributed by atoms with E-state index in [1.807, 2.05) is 0 Å². The second kappa shape index (κ2) is 4.66. The first kappa shape index (κ1) is 11.0. The molecule has 16 heavy (non-hydrogen) atoms. The Morgan fingerprint density at radius 3 is 2.50 bits per heavy atom. The SMILES string of the molecule is NC1CCC(N2CCC[C@H]3CCCC[C@H]32)C1. The lowest BCUT2D eigenvalue weighted by Gasteiger charge is -2.47. The number of nitrogens with zero attached hydrogens (tertiary/aromatic N) is 1. The van der Waals surface area contributed by atoms with Crippen LogP contribution >= 0.6 is 0 Å². The fraction of sp³-hybridized carbons (Fsp3) is 1.00. The van der Waals surface area contributed by atoms with Crippen LogP contribution in [0.4, 0.5) is 0 Å². The van der Waals surface area contributed by atoms with E-state index in [1.54, 1.807) is 0 Å². The van der Waals surface area contributed by atoms with Gasteiger partial charge in [0.25, 0.3) is 0 Å². The molecule has 4 atom stereocenters. The van der Waals surface area contributed by atoms with Crippen LogP contribution in [0.1, 0.15) is 57.8 Å².